The quantitative estimate of drug-likeness (QED) is 0.672. The molecule has 0 saturated heterocycles. The number of rotatable bonds is 4. The van der Waals surface area contributed by atoms with Crippen LogP contribution in [-0.2, 0) is 4.79 Å². The number of fused-ring (bicyclic) bond motifs is 3. The van der Waals surface area contributed by atoms with Crippen LogP contribution in [0.4, 0.5) is 0 Å². The zero-order valence-corrected chi connectivity index (χ0v) is 14.3. The van der Waals surface area contributed by atoms with Gasteiger partial charge in [0.1, 0.15) is 4.88 Å². The number of hydrogen-bond acceptors (Lipinski definition) is 6. The van der Waals surface area contributed by atoms with Gasteiger partial charge in [-0.05, 0) is 12.5 Å². The molecule has 7 nitrogen and oxygen atoms in total. The summed E-state index contributed by atoms with van der Waals surface area (Å²) in [6.07, 6.45) is 0.751. The Morgan fingerprint density at radius 3 is 2.29 bits per heavy atom. The second-order valence-corrected chi connectivity index (χ2v) is 5.93. The molecule has 2 heterocycles. The van der Waals surface area contributed by atoms with Crippen molar-refractivity contribution in [1.29, 1.82) is 0 Å². The maximum atomic E-state index is 12.5. The van der Waals surface area contributed by atoms with E-state index >= 15 is 0 Å². The van der Waals surface area contributed by atoms with Gasteiger partial charge in [0.2, 0.25) is 0 Å². The van der Waals surface area contributed by atoms with Gasteiger partial charge in [-0.1, -0.05) is 6.92 Å². The Kier molecular flexibility index (Phi) is 5.40. The van der Waals surface area contributed by atoms with Crippen LogP contribution in [-0.4, -0.2) is 49.1 Å². The van der Waals surface area contributed by atoms with E-state index in [0.717, 1.165) is 16.5 Å². The van der Waals surface area contributed by atoms with Gasteiger partial charge in [0.15, 0.2) is 11.5 Å². The summed E-state index contributed by atoms with van der Waals surface area (Å²) in [5.41, 5.74) is 0.495. The number of amides is 2. The molecule has 0 radical (unpaired) electrons. The molecule has 1 N–H and O–H groups in total. The lowest BCUT2D eigenvalue weighted by Crippen LogP contribution is -2.30. The standard InChI is InChI=1S/C15H15NO4S.CH2O2/c1-4-5-16-14(17)12-8-6-9(19-2)10(20-3)7-11(8)21-13(12)15(16)18;2-1-3/h6-7H,4-5H2,1-3H3;1H,(H,2,3). The summed E-state index contributed by atoms with van der Waals surface area (Å²) >= 11 is 1.33. The molecule has 128 valence electrons. The number of methoxy groups -OCH3 is 2. The number of nitrogens with zero attached hydrogens (tertiary/aromatic N) is 1. The molecule has 2 amide bonds. The van der Waals surface area contributed by atoms with Crippen molar-refractivity contribution in [3.8, 4) is 11.5 Å². The van der Waals surface area contributed by atoms with E-state index in [1.807, 2.05) is 13.0 Å². The van der Waals surface area contributed by atoms with Crippen molar-refractivity contribution < 1.29 is 29.0 Å². The Balaban J connectivity index is 0.000000647. The number of thiophene rings is 1. The van der Waals surface area contributed by atoms with Gasteiger partial charge in [-0.25, -0.2) is 0 Å². The SMILES string of the molecule is CCCN1C(=O)c2sc3cc(OC)c(OC)cc3c2C1=O.O=CO. The van der Waals surface area contributed by atoms with Crippen LogP contribution in [0.2, 0.25) is 0 Å². The van der Waals surface area contributed by atoms with E-state index in [2.05, 4.69) is 0 Å². The summed E-state index contributed by atoms with van der Waals surface area (Å²) in [6, 6.07) is 3.58. The van der Waals surface area contributed by atoms with Crippen molar-refractivity contribution in [2.45, 2.75) is 13.3 Å². The fraction of sp³-hybridized carbons (Fsp3) is 0.312. The molecule has 2 aromatic rings. The molecular formula is C16H17NO6S. The average Bonchev–Trinajstić information content (AvgIpc) is 3.05. The number of carbonyl (C=O) groups excluding carboxylic acids is 2. The number of benzene rings is 1. The van der Waals surface area contributed by atoms with E-state index in [9.17, 15) is 9.59 Å². The lowest BCUT2D eigenvalue weighted by atomic mass is 10.1. The van der Waals surface area contributed by atoms with Crippen molar-refractivity contribution in [3.63, 3.8) is 0 Å². The zero-order valence-electron chi connectivity index (χ0n) is 13.5. The van der Waals surface area contributed by atoms with Crippen molar-refractivity contribution in [3.05, 3.63) is 22.6 Å². The van der Waals surface area contributed by atoms with E-state index in [0.29, 0.717) is 28.5 Å². The average molecular weight is 351 g/mol. The monoisotopic (exact) mass is 351 g/mol. The first kappa shape index (κ1) is 17.7. The Labute approximate surface area is 142 Å². The first-order valence-electron chi connectivity index (χ1n) is 7.16. The lowest BCUT2D eigenvalue weighted by Gasteiger charge is -2.12. The predicted molar refractivity (Wildman–Crippen MR) is 89.3 cm³/mol. The largest absolute Gasteiger partial charge is 0.493 e. The van der Waals surface area contributed by atoms with Crippen LogP contribution < -0.4 is 9.47 Å². The number of carbonyl (C=O) groups is 3. The van der Waals surface area contributed by atoms with E-state index in [1.54, 1.807) is 20.3 Å². The number of hydrogen-bond donors (Lipinski definition) is 1. The molecule has 0 bridgehead atoms. The minimum absolute atomic E-state index is 0.198. The topological polar surface area (TPSA) is 93.1 Å². The van der Waals surface area contributed by atoms with Gasteiger partial charge in [-0.15, -0.1) is 11.3 Å². The highest BCUT2D eigenvalue weighted by molar-refractivity contribution is 7.21. The number of ether oxygens (including phenoxy) is 2. The highest BCUT2D eigenvalue weighted by Gasteiger charge is 2.38. The molecule has 1 aliphatic rings. The molecule has 3 rings (SSSR count). The summed E-state index contributed by atoms with van der Waals surface area (Å²) in [4.78, 5) is 35.0. The maximum absolute atomic E-state index is 12.5. The second-order valence-electron chi connectivity index (χ2n) is 4.88. The van der Waals surface area contributed by atoms with Gasteiger partial charge >= 0.3 is 0 Å². The molecule has 8 heteroatoms. The predicted octanol–water partition coefficient (Wildman–Crippen LogP) is 2.63. The van der Waals surface area contributed by atoms with Crippen LogP contribution in [0.1, 0.15) is 33.4 Å². The molecule has 1 aliphatic heterocycles. The highest BCUT2D eigenvalue weighted by Crippen LogP contribution is 2.42. The van der Waals surface area contributed by atoms with Gasteiger partial charge in [-0.3, -0.25) is 19.3 Å². The summed E-state index contributed by atoms with van der Waals surface area (Å²) in [5.74, 6) is 0.737. The molecule has 1 aromatic carbocycles. The molecule has 0 unspecified atom stereocenters. The Hall–Kier alpha value is -2.61. The number of imide groups is 1. The first-order chi connectivity index (χ1) is 11.5. The van der Waals surface area contributed by atoms with Gasteiger partial charge in [0.25, 0.3) is 18.3 Å². The third kappa shape index (κ3) is 2.80. The maximum Gasteiger partial charge on any atom is 0.290 e. The summed E-state index contributed by atoms with van der Waals surface area (Å²) < 4.78 is 11.4. The minimum atomic E-state index is -0.250. The summed E-state index contributed by atoms with van der Waals surface area (Å²) in [7, 11) is 3.11. The van der Waals surface area contributed by atoms with Crippen molar-refractivity contribution in [1.82, 2.24) is 4.90 Å². The highest BCUT2D eigenvalue weighted by atomic mass is 32.1. The van der Waals surface area contributed by atoms with Crippen LogP contribution in [0.25, 0.3) is 10.1 Å². The third-order valence-electron chi connectivity index (χ3n) is 3.54. The van der Waals surface area contributed by atoms with Crippen LogP contribution in [0.5, 0.6) is 11.5 Å². The third-order valence-corrected chi connectivity index (χ3v) is 4.68. The van der Waals surface area contributed by atoms with E-state index in [1.165, 1.54) is 16.2 Å². The molecule has 1 aromatic heterocycles. The van der Waals surface area contributed by atoms with E-state index in [-0.39, 0.29) is 18.3 Å². The van der Waals surface area contributed by atoms with Crippen LogP contribution in [0, 0.1) is 0 Å². The molecule has 0 aliphatic carbocycles. The molecule has 0 atom stereocenters. The molecular weight excluding hydrogens is 334 g/mol. The minimum Gasteiger partial charge on any atom is -0.493 e. The van der Waals surface area contributed by atoms with Crippen molar-refractivity contribution in [2.24, 2.45) is 0 Å². The van der Waals surface area contributed by atoms with Crippen molar-refractivity contribution >= 4 is 39.7 Å². The second kappa shape index (κ2) is 7.31. The molecule has 0 saturated carbocycles. The normalized spacial score (nSPS) is 12.7. The van der Waals surface area contributed by atoms with Crippen LogP contribution in [0.3, 0.4) is 0 Å². The molecule has 24 heavy (non-hydrogen) atoms. The van der Waals surface area contributed by atoms with Gasteiger partial charge < -0.3 is 14.6 Å². The van der Waals surface area contributed by atoms with E-state index in [4.69, 9.17) is 19.4 Å². The molecule has 0 spiro atoms. The lowest BCUT2D eigenvalue weighted by molar-refractivity contribution is -0.122. The van der Waals surface area contributed by atoms with Crippen LogP contribution in [0.15, 0.2) is 12.1 Å². The Morgan fingerprint density at radius 2 is 1.75 bits per heavy atom. The van der Waals surface area contributed by atoms with E-state index < -0.39 is 0 Å². The van der Waals surface area contributed by atoms with Gasteiger partial charge in [0, 0.05) is 22.7 Å². The Morgan fingerprint density at radius 1 is 1.17 bits per heavy atom. The summed E-state index contributed by atoms with van der Waals surface area (Å²) in [5, 5.41) is 7.64. The zero-order chi connectivity index (χ0) is 17.9. The number of carboxylic acid groups (broad SMARTS) is 1. The summed E-state index contributed by atoms with van der Waals surface area (Å²) in [6.45, 7) is 2.15. The fourth-order valence-electron chi connectivity index (χ4n) is 2.56. The fourth-order valence-corrected chi connectivity index (χ4v) is 3.72. The smallest absolute Gasteiger partial charge is 0.290 e. The first-order valence-corrected chi connectivity index (χ1v) is 7.98. The van der Waals surface area contributed by atoms with Gasteiger partial charge in [-0.2, -0.15) is 0 Å². The van der Waals surface area contributed by atoms with Gasteiger partial charge in [0.05, 0.1) is 19.8 Å². The molecule has 0 fully saturated rings. The Bertz CT molecular complexity index is 797. The van der Waals surface area contributed by atoms with Crippen LogP contribution >= 0.6 is 11.3 Å². The van der Waals surface area contributed by atoms with Crippen molar-refractivity contribution in [2.75, 3.05) is 20.8 Å².